The largest absolute Gasteiger partial charge is 0.478 e. The van der Waals surface area contributed by atoms with E-state index in [2.05, 4.69) is 10.1 Å². The van der Waals surface area contributed by atoms with Gasteiger partial charge in [-0.3, -0.25) is 0 Å². The van der Waals surface area contributed by atoms with E-state index in [0.717, 1.165) is 0 Å². The molecule has 0 aromatic carbocycles. The fourth-order valence-electron chi connectivity index (χ4n) is 2.18. The third-order valence-electron chi connectivity index (χ3n) is 2.95. The van der Waals surface area contributed by atoms with E-state index in [4.69, 9.17) is 4.74 Å². The number of amides is 1. The molecule has 1 unspecified atom stereocenters. The van der Waals surface area contributed by atoms with Crippen molar-refractivity contribution < 1.29 is 29.0 Å². The molecule has 1 aliphatic rings. The van der Waals surface area contributed by atoms with Crippen molar-refractivity contribution in [1.29, 1.82) is 0 Å². The number of nitrogens with one attached hydrogen (secondary N) is 1. The van der Waals surface area contributed by atoms with Gasteiger partial charge in [0.1, 0.15) is 5.60 Å². The van der Waals surface area contributed by atoms with Crippen LogP contribution in [0.4, 0.5) is 4.79 Å². The Balaban J connectivity index is 2.97. The third kappa shape index (κ3) is 4.77. The Morgan fingerprint density at radius 1 is 1.29 bits per heavy atom. The lowest BCUT2D eigenvalue weighted by Crippen LogP contribution is -2.43. The number of carboxylic acid groups (broad SMARTS) is 1. The Kier molecular flexibility index (Phi) is 5.34. The van der Waals surface area contributed by atoms with Gasteiger partial charge in [0.25, 0.3) is 0 Å². The molecule has 0 aromatic heterocycles. The first kappa shape index (κ1) is 17.0. The molecular formula is C14H21NO6. The summed E-state index contributed by atoms with van der Waals surface area (Å²) in [5.74, 6) is -1.92. The molecule has 0 bridgehead atoms. The van der Waals surface area contributed by atoms with Crippen LogP contribution in [0.3, 0.4) is 0 Å². The van der Waals surface area contributed by atoms with Crippen molar-refractivity contribution in [2.24, 2.45) is 0 Å². The van der Waals surface area contributed by atoms with E-state index < -0.39 is 29.7 Å². The van der Waals surface area contributed by atoms with Gasteiger partial charge in [0.15, 0.2) is 0 Å². The molecule has 1 aliphatic carbocycles. The molecule has 0 saturated carbocycles. The Morgan fingerprint density at radius 3 is 2.38 bits per heavy atom. The van der Waals surface area contributed by atoms with Crippen molar-refractivity contribution in [3.05, 3.63) is 11.1 Å². The Hall–Kier alpha value is -2.05. The molecule has 0 spiro atoms. The van der Waals surface area contributed by atoms with Gasteiger partial charge in [-0.1, -0.05) is 0 Å². The number of alkyl carbamates (subject to hydrolysis) is 1. The SMILES string of the molecule is COC(=O)C1=C(C(=O)O)C(NC(=O)OC(C)(C)C)CCC1. The molecular weight excluding hydrogens is 278 g/mol. The predicted octanol–water partition coefficient (Wildman–Crippen LogP) is 1.62. The maximum Gasteiger partial charge on any atom is 0.408 e. The zero-order valence-electron chi connectivity index (χ0n) is 12.7. The first-order valence-electron chi connectivity index (χ1n) is 6.70. The van der Waals surface area contributed by atoms with E-state index in [0.29, 0.717) is 19.3 Å². The summed E-state index contributed by atoms with van der Waals surface area (Å²) in [6, 6.07) is -0.764. The zero-order chi connectivity index (χ0) is 16.2. The van der Waals surface area contributed by atoms with E-state index in [1.807, 2.05) is 0 Å². The summed E-state index contributed by atoms with van der Waals surface area (Å²) in [6.07, 6.45) is 0.626. The van der Waals surface area contributed by atoms with Crippen molar-refractivity contribution in [1.82, 2.24) is 5.32 Å². The highest BCUT2D eigenvalue weighted by Gasteiger charge is 2.33. The minimum atomic E-state index is -1.24. The van der Waals surface area contributed by atoms with Crippen molar-refractivity contribution in [3.8, 4) is 0 Å². The molecule has 0 saturated heterocycles. The first-order chi connectivity index (χ1) is 9.65. The number of ether oxygens (including phenoxy) is 2. The second-order valence-electron chi connectivity index (χ2n) is 5.78. The van der Waals surface area contributed by atoms with Gasteiger partial charge in [-0.15, -0.1) is 0 Å². The number of carboxylic acids is 1. The van der Waals surface area contributed by atoms with E-state index in [-0.39, 0.29) is 11.1 Å². The maximum absolute atomic E-state index is 11.8. The van der Waals surface area contributed by atoms with Crippen LogP contribution >= 0.6 is 0 Å². The van der Waals surface area contributed by atoms with Gasteiger partial charge in [0.05, 0.1) is 18.7 Å². The van der Waals surface area contributed by atoms with Crippen LogP contribution in [0.2, 0.25) is 0 Å². The third-order valence-corrected chi connectivity index (χ3v) is 2.95. The van der Waals surface area contributed by atoms with Crippen molar-refractivity contribution in [2.45, 2.75) is 51.7 Å². The molecule has 0 heterocycles. The summed E-state index contributed by atoms with van der Waals surface area (Å²) in [5.41, 5.74) is -0.715. The first-order valence-corrected chi connectivity index (χ1v) is 6.70. The zero-order valence-corrected chi connectivity index (χ0v) is 12.7. The van der Waals surface area contributed by atoms with Crippen molar-refractivity contribution in [3.63, 3.8) is 0 Å². The van der Waals surface area contributed by atoms with E-state index in [1.165, 1.54) is 7.11 Å². The molecule has 0 radical (unpaired) electrons. The number of aliphatic carboxylic acids is 1. The molecule has 2 N–H and O–H groups in total. The number of carbonyl (C=O) groups excluding carboxylic acids is 2. The van der Waals surface area contributed by atoms with Crippen LogP contribution in [-0.4, -0.2) is 41.9 Å². The molecule has 7 heteroatoms. The van der Waals surface area contributed by atoms with Crippen LogP contribution in [0.5, 0.6) is 0 Å². The molecule has 21 heavy (non-hydrogen) atoms. The monoisotopic (exact) mass is 299 g/mol. The Bertz CT molecular complexity index is 474. The van der Waals surface area contributed by atoms with Gasteiger partial charge in [0, 0.05) is 5.57 Å². The molecule has 7 nitrogen and oxygen atoms in total. The van der Waals surface area contributed by atoms with Crippen LogP contribution in [-0.2, 0) is 19.1 Å². The lowest BCUT2D eigenvalue weighted by molar-refractivity contribution is -0.138. The van der Waals surface area contributed by atoms with Crippen LogP contribution in [0, 0.1) is 0 Å². The standard InChI is InChI=1S/C14H21NO6/c1-14(2,3)21-13(19)15-9-7-5-6-8(12(18)20-4)10(9)11(16)17/h9H,5-7H2,1-4H3,(H,15,19)(H,16,17). The number of esters is 1. The minimum Gasteiger partial charge on any atom is -0.478 e. The summed E-state index contributed by atoms with van der Waals surface area (Å²) in [6.45, 7) is 5.13. The Labute approximate surface area is 123 Å². The summed E-state index contributed by atoms with van der Waals surface area (Å²) in [4.78, 5) is 34.8. The highest BCUT2D eigenvalue weighted by atomic mass is 16.6. The smallest absolute Gasteiger partial charge is 0.408 e. The van der Waals surface area contributed by atoms with Gasteiger partial charge < -0.3 is 19.9 Å². The number of rotatable bonds is 3. The van der Waals surface area contributed by atoms with Crippen molar-refractivity contribution >= 4 is 18.0 Å². The molecule has 1 atom stereocenters. The second kappa shape index (κ2) is 6.60. The average molecular weight is 299 g/mol. The molecule has 118 valence electrons. The lowest BCUT2D eigenvalue weighted by atomic mass is 9.87. The molecule has 1 rings (SSSR count). The average Bonchev–Trinajstić information content (AvgIpc) is 2.34. The summed E-state index contributed by atoms with van der Waals surface area (Å²) in [7, 11) is 1.19. The second-order valence-corrected chi connectivity index (χ2v) is 5.78. The molecule has 0 fully saturated rings. The highest BCUT2D eigenvalue weighted by molar-refractivity contribution is 6.01. The maximum atomic E-state index is 11.8. The normalized spacial score (nSPS) is 19.0. The number of methoxy groups -OCH3 is 1. The van der Waals surface area contributed by atoms with Crippen LogP contribution < -0.4 is 5.32 Å². The van der Waals surface area contributed by atoms with E-state index >= 15 is 0 Å². The predicted molar refractivity (Wildman–Crippen MR) is 73.7 cm³/mol. The molecule has 0 aliphatic heterocycles. The fourth-order valence-corrected chi connectivity index (χ4v) is 2.18. The molecule has 0 aromatic rings. The van der Waals surface area contributed by atoms with Crippen LogP contribution in [0.15, 0.2) is 11.1 Å². The van der Waals surface area contributed by atoms with Gasteiger partial charge in [-0.2, -0.15) is 0 Å². The van der Waals surface area contributed by atoms with Gasteiger partial charge in [0.2, 0.25) is 0 Å². The quantitative estimate of drug-likeness (QED) is 0.768. The van der Waals surface area contributed by atoms with Crippen molar-refractivity contribution in [2.75, 3.05) is 7.11 Å². The summed E-state index contributed by atoms with van der Waals surface area (Å²) >= 11 is 0. The van der Waals surface area contributed by atoms with Crippen LogP contribution in [0.1, 0.15) is 40.0 Å². The van der Waals surface area contributed by atoms with Crippen LogP contribution in [0.25, 0.3) is 0 Å². The van der Waals surface area contributed by atoms with Gasteiger partial charge in [-0.25, -0.2) is 14.4 Å². The minimum absolute atomic E-state index is 0.0947. The number of hydrogen-bond acceptors (Lipinski definition) is 5. The summed E-state index contributed by atoms with van der Waals surface area (Å²) < 4.78 is 9.71. The Morgan fingerprint density at radius 2 is 1.90 bits per heavy atom. The number of hydrogen-bond donors (Lipinski definition) is 2. The molecule has 1 amide bonds. The van der Waals surface area contributed by atoms with Gasteiger partial charge >= 0.3 is 18.0 Å². The highest BCUT2D eigenvalue weighted by Crippen LogP contribution is 2.26. The lowest BCUT2D eigenvalue weighted by Gasteiger charge is -2.27. The number of carbonyl (C=O) groups is 3. The van der Waals surface area contributed by atoms with E-state index in [1.54, 1.807) is 20.8 Å². The van der Waals surface area contributed by atoms with Gasteiger partial charge in [-0.05, 0) is 40.0 Å². The topological polar surface area (TPSA) is 102 Å². The fraction of sp³-hybridized carbons (Fsp3) is 0.643. The van der Waals surface area contributed by atoms with E-state index in [9.17, 15) is 19.5 Å². The summed E-state index contributed by atoms with van der Waals surface area (Å²) in [5, 5.41) is 11.8.